The van der Waals surface area contributed by atoms with Gasteiger partial charge >= 0.3 is 12.3 Å². The smallest absolute Gasteiger partial charge is 0.469 e. The van der Waals surface area contributed by atoms with E-state index in [-0.39, 0.29) is 9.26 Å². The molecule has 4 nitrogen and oxygen atoms in total. The molecule has 0 unspecified atom stereocenters. The first-order valence-corrected chi connectivity index (χ1v) is 6.02. The Morgan fingerprint density at radius 2 is 2.05 bits per heavy atom. The zero-order chi connectivity index (χ0) is 15.5. The Hall–Kier alpha value is -1.20. The van der Waals surface area contributed by atoms with Crippen LogP contribution in [-0.2, 0) is 16.0 Å². The van der Waals surface area contributed by atoms with E-state index in [0.29, 0.717) is 0 Å². The number of rotatable bonds is 4. The van der Waals surface area contributed by atoms with Crippen molar-refractivity contribution in [1.82, 2.24) is 4.98 Å². The second kappa shape index (κ2) is 6.50. The second-order valence-corrected chi connectivity index (χ2v) is 4.57. The molecule has 0 saturated heterocycles. The summed E-state index contributed by atoms with van der Waals surface area (Å²) in [6, 6.07) is 1.05. The van der Waals surface area contributed by atoms with Gasteiger partial charge in [-0.2, -0.15) is 0 Å². The Bertz CT molecular complexity index is 506. The molecule has 0 atom stereocenters. The number of alkyl halides is 5. The van der Waals surface area contributed by atoms with E-state index in [2.05, 4.69) is 14.5 Å². The van der Waals surface area contributed by atoms with Crippen LogP contribution < -0.4 is 4.74 Å². The number of esters is 1. The lowest BCUT2D eigenvalue weighted by molar-refractivity contribution is -0.275. The van der Waals surface area contributed by atoms with Crippen molar-refractivity contribution in [1.29, 1.82) is 0 Å². The first-order chi connectivity index (χ1) is 9.14. The first kappa shape index (κ1) is 16.9. The summed E-state index contributed by atoms with van der Waals surface area (Å²) in [6.45, 7) is 0. The van der Waals surface area contributed by atoms with E-state index >= 15 is 0 Å². The zero-order valence-electron chi connectivity index (χ0n) is 9.80. The topological polar surface area (TPSA) is 48.4 Å². The van der Waals surface area contributed by atoms with Crippen LogP contribution in [-0.4, -0.2) is 24.4 Å². The minimum Gasteiger partial charge on any atom is -0.469 e. The Morgan fingerprint density at radius 1 is 1.45 bits per heavy atom. The zero-order valence-corrected chi connectivity index (χ0v) is 12.0. The number of ether oxygens (including phenoxy) is 2. The maximum Gasteiger partial charge on any atom is 0.573 e. The van der Waals surface area contributed by atoms with Crippen molar-refractivity contribution in [2.75, 3.05) is 7.11 Å². The summed E-state index contributed by atoms with van der Waals surface area (Å²) in [5, 5.41) is 0. The fourth-order valence-corrected chi connectivity index (χ4v) is 1.99. The van der Waals surface area contributed by atoms with Crippen LogP contribution in [0.25, 0.3) is 0 Å². The molecular weight excluding hydrogens is 404 g/mol. The molecule has 0 aliphatic rings. The van der Waals surface area contributed by atoms with Gasteiger partial charge in [0.15, 0.2) is 5.75 Å². The number of aromatic nitrogens is 1. The van der Waals surface area contributed by atoms with Gasteiger partial charge in [-0.25, -0.2) is 13.8 Å². The summed E-state index contributed by atoms with van der Waals surface area (Å²) in [5.41, 5.74) is -1.31. The molecule has 1 aromatic rings. The molecule has 10 heteroatoms. The van der Waals surface area contributed by atoms with E-state index in [9.17, 15) is 26.7 Å². The highest BCUT2D eigenvalue weighted by Crippen LogP contribution is 2.35. The normalized spacial score (nSPS) is 11.6. The largest absolute Gasteiger partial charge is 0.573 e. The highest BCUT2D eigenvalue weighted by molar-refractivity contribution is 14.1. The highest BCUT2D eigenvalue weighted by Gasteiger charge is 2.35. The number of methoxy groups -OCH3 is 1. The molecule has 0 fully saturated rings. The molecule has 0 aromatic carbocycles. The van der Waals surface area contributed by atoms with Crippen molar-refractivity contribution in [2.45, 2.75) is 19.2 Å². The number of halogens is 6. The van der Waals surface area contributed by atoms with E-state index in [1.807, 2.05) is 0 Å². The minimum atomic E-state index is -5.12. The van der Waals surface area contributed by atoms with Crippen LogP contribution in [0.1, 0.15) is 17.8 Å². The van der Waals surface area contributed by atoms with E-state index in [4.69, 9.17) is 0 Å². The van der Waals surface area contributed by atoms with E-state index < -0.39 is 36.6 Å². The maximum absolute atomic E-state index is 12.8. The Balaban J connectivity index is 3.22. The number of hydrogen-bond donors (Lipinski definition) is 0. The Morgan fingerprint density at radius 3 is 2.50 bits per heavy atom. The quantitative estimate of drug-likeness (QED) is 0.434. The van der Waals surface area contributed by atoms with Gasteiger partial charge in [0.25, 0.3) is 6.43 Å². The van der Waals surface area contributed by atoms with Crippen molar-refractivity contribution in [3.8, 4) is 5.75 Å². The number of carbonyl (C=O) groups excluding carboxylic acids is 1. The summed E-state index contributed by atoms with van der Waals surface area (Å²) in [5.74, 6) is -1.82. The lowest BCUT2D eigenvalue weighted by Gasteiger charge is -2.15. The minimum absolute atomic E-state index is 0.133. The van der Waals surface area contributed by atoms with Crippen molar-refractivity contribution in [2.24, 2.45) is 0 Å². The summed E-state index contributed by atoms with van der Waals surface area (Å²) < 4.78 is 69.6. The molecule has 1 heterocycles. The third kappa shape index (κ3) is 4.72. The molecule has 0 radical (unpaired) electrons. The van der Waals surface area contributed by atoms with Crippen molar-refractivity contribution < 1.29 is 36.2 Å². The van der Waals surface area contributed by atoms with Gasteiger partial charge < -0.3 is 9.47 Å². The van der Waals surface area contributed by atoms with E-state index in [1.54, 1.807) is 0 Å². The van der Waals surface area contributed by atoms with Gasteiger partial charge in [0, 0.05) is 0 Å². The van der Waals surface area contributed by atoms with Gasteiger partial charge in [0.2, 0.25) is 0 Å². The summed E-state index contributed by atoms with van der Waals surface area (Å²) in [4.78, 5) is 14.3. The van der Waals surface area contributed by atoms with Gasteiger partial charge in [-0.3, -0.25) is 4.79 Å². The third-order valence-electron chi connectivity index (χ3n) is 1.98. The molecular formula is C10H7F5INO3. The predicted molar refractivity (Wildman–Crippen MR) is 64.3 cm³/mol. The molecule has 0 spiro atoms. The van der Waals surface area contributed by atoms with Crippen LogP contribution in [0, 0.1) is 3.57 Å². The van der Waals surface area contributed by atoms with Gasteiger partial charge in [-0.15, -0.1) is 13.2 Å². The highest BCUT2D eigenvalue weighted by atomic mass is 127. The van der Waals surface area contributed by atoms with Crippen LogP contribution in [0.4, 0.5) is 22.0 Å². The fraction of sp³-hybridized carbons (Fsp3) is 0.400. The molecule has 0 saturated carbocycles. The lowest BCUT2D eigenvalue weighted by Crippen LogP contribution is -2.20. The number of carbonyl (C=O) groups is 1. The summed E-state index contributed by atoms with van der Waals surface area (Å²) in [6.07, 6.45) is -8.83. The predicted octanol–water partition coefficient (Wildman–Crippen LogP) is 3.24. The molecule has 0 bridgehead atoms. The average molecular weight is 411 g/mol. The Kier molecular flexibility index (Phi) is 5.48. The van der Waals surface area contributed by atoms with Crippen LogP contribution in [0.15, 0.2) is 6.07 Å². The Labute approximate surface area is 123 Å². The van der Waals surface area contributed by atoms with Crippen molar-refractivity contribution in [3.63, 3.8) is 0 Å². The molecule has 112 valence electrons. The van der Waals surface area contributed by atoms with Crippen LogP contribution in [0.3, 0.4) is 0 Å². The van der Waals surface area contributed by atoms with E-state index in [0.717, 1.165) is 13.2 Å². The van der Waals surface area contributed by atoms with Gasteiger partial charge in [-0.05, 0) is 28.7 Å². The van der Waals surface area contributed by atoms with Crippen molar-refractivity contribution >= 4 is 28.6 Å². The van der Waals surface area contributed by atoms with Gasteiger partial charge in [0.05, 0.1) is 22.8 Å². The molecule has 1 rings (SSSR count). The summed E-state index contributed by atoms with van der Waals surface area (Å²) >= 11 is 1.39. The standard InChI is InChI=1S/C10H7F5INO3/c1-19-6(18)3-4-2-5(16)8(20-10(13,14)15)7(17-4)9(11)12/h2,9H,3H2,1H3. The second-order valence-electron chi connectivity index (χ2n) is 3.41. The van der Waals surface area contributed by atoms with Crippen molar-refractivity contribution in [3.05, 3.63) is 21.0 Å². The number of nitrogens with zero attached hydrogens (tertiary/aromatic N) is 1. The maximum atomic E-state index is 12.8. The SMILES string of the molecule is COC(=O)Cc1cc(I)c(OC(F)(F)F)c(C(F)F)n1. The lowest BCUT2D eigenvalue weighted by atomic mass is 10.2. The number of hydrogen-bond acceptors (Lipinski definition) is 4. The number of pyridine rings is 1. The molecule has 0 N–H and O–H groups in total. The van der Waals surface area contributed by atoms with E-state index in [1.165, 1.54) is 22.6 Å². The third-order valence-corrected chi connectivity index (χ3v) is 2.79. The molecule has 0 aliphatic heterocycles. The molecule has 0 amide bonds. The van der Waals surface area contributed by atoms with Crippen LogP contribution in [0.5, 0.6) is 5.75 Å². The monoisotopic (exact) mass is 411 g/mol. The molecule has 0 aliphatic carbocycles. The van der Waals surface area contributed by atoms with Gasteiger partial charge in [-0.1, -0.05) is 0 Å². The van der Waals surface area contributed by atoms with Crippen LogP contribution in [0.2, 0.25) is 0 Å². The van der Waals surface area contributed by atoms with Crippen LogP contribution >= 0.6 is 22.6 Å². The van der Waals surface area contributed by atoms with Gasteiger partial charge in [0.1, 0.15) is 5.69 Å². The molecule has 20 heavy (non-hydrogen) atoms. The fourth-order valence-electron chi connectivity index (χ4n) is 1.25. The first-order valence-electron chi connectivity index (χ1n) is 4.94. The average Bonchev–Trinajstić information content (AvgIpc) is 2.30. The molecule has 1 aromatic heterocycles. The summed E-state index contributed by atoms with van der Waals surface area (Å²) in [7, 11) is 1.09.